The van der Waals surface area contributed by atoms with Gasteiger partial charge in [-0.25, -0.2) is 19.8 Å². The van der Waals surface area contributed by atoms with Crippen molar-refractivity contribution in [2.24, 2.45) is 0 Å². The van der Waals surface area contributed by atoms with Crippen LogP contribution in [0.2, 0.25) is 0 Å². The van der Waals surface area contributed by atoms with Crippen molar-refractivity contribution in [3.05, 3.63) is 76.9 Å². The lowest BCUT2D eigenvalue weighted by atomic mass is 10.1. The third-order valence-electron chi connectivity index (χ3n) is 3.74. The van der Waals surface area contributed by atoms with Crippen molar-refractivity contribution in [2.45, 2.75) is 6.92 Å². The van der Waals surface area contributed by atoms with Crippen LogP contribution in [0.1, 0.15) is 15.9 Å². The molecule has 0 spiro atoms. The Balaban J connectivity index is 0.000000207. The van der Waals surface area contributed by atoms with Crippen molar-refractivity contribution >= 4 is 17.6 Å². The predicted octanol–water partition coefficient (Wildman–Crippen LogP) is 2.13. The largest absolute Gasteiger partial charge is 0.338 e. The molecule has 1 amide bonds. The van der Waals surface area contributed by atoms with Gasteiger partial charge in [0.05, 0.1) is 17.6 Å². The molecule has 0 atom stereocenters. The van der Waals surface area contributed by atoms with Crippen LogP contribution >= 0.6 is 0 Å². The molecule has 0 fully saturated rings. The highest BCUT2D eigenvalue weighted by Crippen LogP contribution is 2.21. The van der Waals surface area contributed by atoms with Crippen LogP contribution in [-0.4, -0.2) is 55.2 Å². The molecular formula is C17H18N6O5. The number of nitro benzene ring substituents is 1. The molecule has 0 saturated heterocycles. The maximum absolute atomic E-state index is 11.7. The fourth-order valence-electron chi connectivity index (χ4n) is 2.18. The molecular weight excluding hydrogens is 368 g/mol. The molecule has 28 heavy (non-hydrogen) atoms. The topological polar surface area (TPSA) is 125 Å². The molecule has 3 rings (SSSR count). The van der Waals surface area contributed by atoms with E-state index in [4.69, 9.17) is 4.84 Å². The molecule has 0 radical (unpaired) electrons. The molecule has 0 aliphatic rings. The van der Waals surface area contributed by atoms with E-state index in [1.54, 1.807) is 24.8 Å². The van der Waals surface area contributed by atoms with Crippen LogP contribution in [0.5, 0.6) is 0 Å². The first-order chi connectivity index (χ1) is 13.4. The number of carbonyl (C=O) groups is 2. The monoisotopic (exact) mass is 386 g/mol. The van der Waals surface area contributed by atoms with Crippen molar-refractivity contribution in [3.63, 3.8) is 0 Å². The number of aromatic nitrogens is 4. The average molecular weight is 386 g/mol. The van der Waals surface area contributed by atoms with E-state index in [0.717, 1.165) is 5.06 Å². The van der Waals surface area contributed by atoms with Gasteiger partial charge >= 0.3 is 6.03 Å². The van der Waals surface area contributed by atoms with Gasteiger partial charge in [0.15, 0.2) is 0 Å². The fourth-order valence-corrected chi connectivity index (χ4v) is 2.18. The fraction of sp³-hybridized carbons (Fsp3) is 0.176. The summed E-state index contributed by atoms with van der Waals surface area (Å²) in [6.45, 7) is 1.54. The Kier molecular flexibility index (Phi) is 6.71. The van der Waals surface area contributed by atoms with E-state index in [-0.39, 0.29) is 17.3 Å². The zero-order valence-corrected chi connectivity index (χ0v) is 15.4. The molecule has 2 heterocycles. The average Bonchev–Trinajstić information content (AvgIpc) is 3.40. The molecule has 1 aromatic carbocycles. The molecule has 2 aromatic heterocycles. The molecule has 146 valence electrons. The normalized spacial score (nSPS) is 9.96. The second kappa shape index (κ2) is 9.19. The maximum Gasteiger partial charge on any atom is 0.338 e. The number of hydrogen-bond donors (Lipinski definition) is 0. The zero-order valence-electron chi connectivity index (χ0n) is 15.4. The number of rotatable bonds is 3. The van der Waals surface area contributed by atoms with Crippen LogP contribution in [0.25, 0.3) is 0 Å². The van der Waals surface area contributed by atoms with E-state index in [2.05, 4.69) is 9.97 Å². The highest BCUT2D eigenvalue weighted by molar-refractivity contribution is 5.95. The van der Waals surface area contributed by atoms with E-state index >= 15 is 0 Å². The molecule has 11 nitrogen and oxygen atoms in total. The lowest BCUT2D eigenvalue weighted by molar-refractivity contribution is -0.385. The van der Waals surface area contributed by atoms with Crippen molar-refractivity contribution < 1.29 is 19.3 Å². The number of imidazole rings is 2. The Labute approximate surface area is 159 Å². The smallest absolute Gasteiger partial charge is 0.274 e. The van der Waals surface area contributed by atoms with Gasteiger partial charge in [-0.05, 0) is 13.0 Å². The van der Waals surface area contributed by atoms with Gasteiger partial charge in [0.25, 0.3) is 11.6 Å². The molecule has 0 saturated carbocycles. The first kappa shape index (κ1) is 20.5. The van der Waals surface area contributed by atoms with E-state index in [1.807, 2.05) is 0 Å². The quantitative estimate of drug-likeness (QED) is 0.498. The summed E-state index contributed by atoms with van der Waals surface area (Å²) in [5, 5.41) is 11.7. The summed E-state index contributed by atoms with van der Waals surface area (Å²) in [4.78, 5) is 45.6. The van der Waals surface area contributed by atoms with Gasteiger partial charge in [-0.1, -0.05) is 6.07 Å². The summed E-state index contributed by atoms with van der Waals surface area (Å²) in [5.41, 5.74) is 0.523. The number of hydroxylamine groups is 2. The van der Waals surface area contributed by atoms with Crippen LogP contribution in [0.4, 0.5) is 10.5 Å². The van der Waals surface area contributed by atoms with Gasteiger partial charge in [-0.3, -0.25) is 28.9 Å². The lowest BCUT2D eigenvalue weighted by Crippen LogP contribution is -2.26. The van der Waals surface area contributed by atoms with Crippen LogP contribution in [-0.2, 0) is 4.84 Å². The molecule has 0 aliphatic carbocycles. The van der Waals surface area contributed by atoms with Crippen molar-refractivity contribution in [3.8, 4) is 0 Å². The number of amides is 1. The van der Waals surface area contributed by atoms with Gasteiger partial charge in [-0.2, -0.15) is 0 Å². The third kappa shape index (κ3) is 4.65. The standard InChI is InChI=1S/C10H12N2O4.C7H6N4O/c1-7-8(10(13)11(2)16-3)5-4-6-9(7)12(14)15;12-7(10-3-1-8-5-10)11-4-2-9-6-11/h4-6H,1-3H3;1-6H. The summed E-state index contributed by atoms with van der Waals surface area (Å²) >= 11 is 0. The van der Waals surface area contributed by atoms with Crippen LogP contribution in [0.15, 0.2) is 55.6 Å². The highest BCUT2D eigenvalue weighted by Gasteiger charge is 2.20. The second-order valence-corrected chi connectivity index (χ2v) is 5.41. The summed E-state index contributed by atoms with van der Waals surface area (Å²) < 4.78 is 2.75. The third-order valence-corrected chi connectivity index (χ3v) is 3.74. The number of nitrogens with zero attached hydrogens (tertiary/aromatic N) is 6. The van der Waals surface area contributed by atoms with Gasteiger partial charge in [-0.15, -0.1) is 0 Å². The molecule has 0 aliphatic heterocycles. The summed E-state index contributed by atoms with van der Waals surface area (Å²) in [5.74, 6) is -0.413. The van der Waals surface area contributed by atoms with Crippen LogP contribution in [0.3, 0.4) is 0 Å². The molecule has 0 unspecified atom stereocenters. The number of hydrogen-bond acceptors (Lipinski definition) is 7. The van der Waals surface area contributed by atoms with E-state index in [9.17, 15) is 19.7 Å². The van der Waals surface area contributed by atoms with Crippen molar-refractivity contribution in [1.29, 1.82) is 0 Å². The Hall–Kier alpha value is -3.86. The van der Waals surface area contributed by atoms with Gasteiger partial charge in [0.1, 0.15) is 12.7 Å². The Morgan fingerprint density at radius 3 is 2.14 bits per heavy atom. The summed E-state index contributed by atoms with van der Waals surface area (Å²) in [6.07, 6.45) is 9.17. The minimum atomic E-state index is -0.515. The highest BCUT2D eigenvalue weighted by atomic mass is 16.7. The molecule has 11 heteroatoms. The van der Waals surface area contributed by atoms with Crippen molar-refractivity contribution in [2.75, 3.05) is 14.2 Å². The first-order valence-corrected chi connectivity index (χ1v) is 7.93. The van der Waals surface area contributed by atoms with Gasteiger partial charge < -0.3 is 0 Å². The van der Waals surface area contributed by atoms with E-state index in [0.29, 0.717) is 5.56 Å². The van der Waals surface area contributed by atoms with Gasteiger partial charge in [0.2, 0.25) is 0 Å². The Bertz CT molecular complexity index is 916. The minimum absolute atomic E-state index is 0.0737. The Morgan fingerprint density at radius 2 is 1.71 bits per heavy atom. The van der Waals surface area contributed by atoms with Crippen LogP contribution in [0, 0.1) is 17.0 Å². The lowest BCUT2D eigenvalue weighted by Gasteiger charge is -2.14. The molecule has 0 N–H and O–H groups in total. The zero-order chi connectivity index (χ0) is 20.7. The van der Waals surface area contributed by atoms with Crippen LogP contribution < -0.4 is 0 Å². The number of benzene rings is 1. The second-order valence-electron chi connectivity index (χ2n) is 5.41. The molecule has 3 aromatic rings. The van der Waals surface area contributed by atoms with Crippen molar-refractivity contribution in [1.82, 2.24) is 24.2 Å². The SMILES string of the molecule is CON(C)C(=O)c1cccc([N+](=O)[O-])c1C.O=C(n1ccnc1)n1ccnc1. The number of nitro groups is 1. The van der Waals surface area contributed by atoms with E-state index in [1.165, 1.54) is 61.1 Å². The summed E-state index contributed by atoms with van der Waals surface area (Å²) in [6, 6.07) is 4.17. The first-order valence-electron chi connectivity index (χ1n) is 7.93. The number of carbonyl (C=O) groups excluding carboxylic acids is 2. The molecule has 0 bridgehead atoms. The maximum atomic E-state index is 11.7. The van der Waals surface area contributed by atoms with Gasteiger partial charge in [0, 0.05) is 43.5 Å². The Morgan fingerprint density at radius 1 is 1.14 bits per heavy atom. The minimum Gasteiger partial charge on any atom is -0.274 e. The summed E-state index contributed by atoms with van der Waals surface area (Å²) in [7, 11) is 2.80. The van der Waals surface area contributed by atoms with E-state index < -0.39 is 10.8 Å². The predicted molar refractivity (Wildman–Crippen MR) is 97.6 cm³/mol.